The Bertz CT molecular complexity index is 1240. The van der Waals surface area contributed by atoms with Gasteiger partial charge in [0, 0.05) is 19.6 Å². The normalized spacial score (nSPS) is 21.4. The molecule has 4 nitrogen and oxygen atoms in total. The fourth-order valence-corrected chi connectivity index (χ4v) is 6.16. The van der Waals surface area contributed by atoms with Crippen molar-refractivity contribution in [2.45, 2.75) is 51.0 Å². The lowest BCUT2D eigenvalue weighted by molar-refractivity contribution is -0.185. The van der Waals surface area contributed by atoms with Gasteiger partial charge in [-0.3, -0.25) is 4.90 Å². The zero-order chi connectivity index (χ0) is 27.0. The van der Waals surface area contributed by atoms with Crippen molar-refractivity contribution in [2.24, 2.45) is 5.92 Å². The molecule has 0 amide bonds. The molecular weight excluding hydrogens is 494 g/mol. The Kier molecular flexibility index (Phi) is 9.01. The second-order valence-electron chi connectivity index (χ2n) is 11.2. The molecule has 0 N–H and O–H groups in total. The summed E-state index contributed by atoms with van der Waals surface area (Å²) in [5.41, 5.74) is 6.52. The van der Waals surface area contributed by atoms with Crippen molar-refractivity contribution < 1.29 is 14.2 Å². The number of ether oxygens (including phenoxy) is 3. The SMILES string of the molecule is c1ccc(COC2[C@@H](OCc3ccccc3)CN(CC3Cc4ccccc4C3)C[C@H]2OCc2ccccc2)cc1. The molecule has 40 heavy (non-hydrogen) atoms. The van der Waals surface area contributed by atoms with Gasteiger partial charge in [-0.05, 0) is 46.6 Å². The molecule has 0 bridgehead atoms. The first-order valence-electron chi connectivity index (χ1n) is 14.6. The third kappa shape index (κ3) is 7.07. The summed E-state index contributed by atoms with van der Waals surface area (Å²) < 4.78 is 20.0. The van der Waals surface area contributed by atoms with E-state index in [-0.39, 0.29) is 18.3 Å². The molecule has 6 rings (SSSR count). The Morgan fingerprint density at radius 2 is 0.900 bits per heavy atom. The van der Waals surface area contributed by atoms with Gasteiger partial charge in [-0.2, -0.15) is 0 Å². The Labute approximate surface area is 238 Å². The highest BCUT2D eigenvalue weighted by atomic mass is 16.6. The van der Waals surface area contributed by atoms with Gasteiger partial charge in [0.2, 0.25) is 0 Å². The van der Waals surface area contributed by atoms with Crippen LogP contribution in [0.15, 0.2) is 115 Å². The first kappa shape index (κ1) is 26.9. The molecule has 3 atom stereocenters. The Balaban J connectivity index is 1.20. The van der Waals surface area contributed by atoms with Crippen LogP contribution in [0.5, 0.6) is 0 Å². The summed E-state index contributed by atoms with van der Waals surface area (Å²) in [6.07, 6.45) is 1.94. The zero-order valence-corrected chi connectivity index (χ0v) is 23.1. The van der Waals surface area contributed by atoms with E-state index in [2.05, 4.69) is 102 Å². The predicted octanol–water partition coefficient (Wildman–Crippen LogP) is 6.47. The molecule has 1 unspecified atom stereocenters. The van der Waals surface area contributed by atoms with Crippen molar-refractivity contribution in [2.75, 3.05) is 19.6 Å². The highest BCUT2D eigenvalue weighted by Crippen LogP contribution is 2.30. The van der Waals surface area contributed by atoms with E-state index in [1.165, 1.54) is 22.3 Å². The predicted molar refractivity (Wildman–Crippen MR) is 159 cm³/mol. The van der Waals surface area contributed by atoms with Gasteiger partial charge in [-0.15, -0.1) is 0 Å². The second kappa shape index (κ2) is 13.4. The minimum atomic E-state index is -0.162. The number of hydrogen-bond donors (Lipinski definition) is 0. The monoisotopic (exact) mass is 533 g/mol. The van der Waals surface area contributed by atoms with Gasteiger partial charge < -0.3 is 14.2 Å². The number of likely N-dealkylation sites (tertiary alicyclic amines) is 1. The van der Waals surface area contributed by atoms with Crippen LogP contribution in [0.4, 0.5) is 0 Å². The summed E-state index contributed by atoms with van der Waals surface area (Å²) in [6.45, 7) is 4.38. The van der Waals surface area contributed by atoms with E-state index in [1.54, 1.807) is 0 Å². The van der Waals surface area contributed by atoms with Crippen molar-refractivity contribution in [3.63, 3.8) is 0 Å². The first-order valence-corrected chi connectivity index (χ1v) is 14.6. The van der Waals surface area contributed by atoms with Gasteiger partial charge in [0.15, 0.2) is 0 Å². The van der Waals surface area contributed by atoms with E-state index >= 15 is 0 Å². The average Bonchev–Trinajstić information content (AvgIpc) is 3.42. The molecule has 1 saturated heterocycles. The van der Waals surface area contributed by atoms with Gasteiger partial charge in [0.1, 0.15) is 6.10 Å². The third-order valence-electron chi connectivity index (χ3n) is 8.16. The van der Waals surface area contributed by atoms with Gasteiger partial charge in [0.05, 0.1) is 32.0 Å². The maximum atomic E-state index is 6.66. The summed E-state index contributed by atoms with van der Waals surface area (Å²) in [4.78, 5) is 2.56. The van der Waals surface area contributed by atoms with Crippen molar-refractivity contribution >= 4 is 0 Å². The van der Waals surface area contributed by atoms with Gasteiger partial charge in [-0.1, -0.05) is 115 Å². The van der Waals surface area contributed by atoms with Crippen LogP contribution in [0, 0.1) is 5.92 Å². The molecule has 0 spiro atoms. The summed E-state index contributed by atoms with van der Waals surface area (Å²) in [6, 6.07) is 40.2. The smallest absolute Gasteiger partial charge is 0.113 e. The molecule has 4 aromatic carbocycles. The number of fused-ring (bicyclic) bond motifs is 1. The van der Waals surface area contributed by atoms with Crippen molar-refractivity contribution in [1.29, 1.82) is 0 Å². The second-order valence-corrected chi connectivity index (χ2v) is 11.2. The van der Waals surface area contributed by atoms with Gasteiger partial charge in [-0.25, -0.2) is 0 Å². The van der Waals surface area contributed by atoms with Crippen LogP contribution >= 0.6 is 0 Å². The molecule has 4 heteroatoms. The highest BCUT2D eigenvalue weighted by Gasteiger charge is 2.40. The fourth-order valence-electron chi connectivity index (χ4n) is 6.16. The van der Waals surface area contributed by atoms with Crippen LogP contribution in [0.1, 0.15) is 27.8 Å². The molecule has 1 aliphatic heterocycles. The molecule has 2 aliphatic rings. The maximum Gasteiger partial charge on any atom is 0.113 e. The molecule has 0 saturated carbocycles. The quantitative estimate of drug-likeness (QED) is 0.221. The van der Waals surface area contributed by atoms with E-state index in [0.29, 0.717) is 25.7 Å². The molecule has 206 valence electrons. The molecule has 1 fully saturated rings. The molecule has 0 radical (unpaired) electrons. The lowest BCUT2D eigenvalue weighted by Crippen LogP contribution is -2.58. The third-order valence-corrected chi connectivity index (χ3v) is 8.16. The summed E-state index contributed by atoms with van der Waals surface area (Å²) >= 11 is 0. The number of piperidine rings is 1. The van der Waals surface area contributed by atoms with Crippen LogP contribution in [0.25, 0.3) is 0 Å². The van der Waals surface area contributed by atoms with Crippen molar-refractivity contribution in [1.82, 2.24) is 4.90 Å². The zero-order valence-electron chi connectivity index (χ0n) is 23.1. The van der Waals surface area contributed by atoms with Crippen molar-refractivity contribution in [3.05, 3.63) is 143 Å². The first-order chi connectivity index (χ1) is 19.8. The van der Waals surface area contributed by atoms with E-state index in [1.807, 2.05) is 18.2 Å². The Morgan fingerprint density at radius 3 is 1.35 bits per heavy atom. The van der Waals surface area contributed by atoms with Crippen LogP contribution in [-0.4, -0.2) is 42.8 Å². The Morgan fingerprint density at radius 1 is 0.500 bits per heavy atom. The molecule has 0 aromatic heterocycles. The number of nitrogens with zero attached hydrogens (tertiary/aromatic N) is 1. The maximum absolute atomic E-state index is 6.66. The average molecular weight is 534 g/mol. The minimum Gasteiger partial charge on any atom is -0.369 e. The standard InChI is InChI=1S/C36H39NO3/c1-4-12-28(13-5-1)25-38-34-23-37(22-31-20-32-18-10-11-19-33(32)21-31)24-35(39-26-29-14-6-2-7-15-29)36(34)40-27-30-16-8-3-9-17-30/h1-19,31,34-36H,20-27H2/t34-,35+,36?. The van der Waals surface area contributed by atoms with Crippen molar-refractivity contribution in [3.8, 4) is 0 Å². The lowest BCUT2D eigenvalue weighted by atomic mass is 9.98. The van der Waals surface area contributed by atoms with E-state index in [4.69, 9.17) is 14.2 Å². The summed E-state index contributed by atoms with van der Waals surface area (Å²) in [5.74, 6) is 0.615. The van der Waals surface area contributed by atoms with E-state index in [9.17, 15) is 0 Å². The Hall–Kier alpha value is -3.28. The minimum absolute atomic E-state index is 0.0952. The number of rotatable bonds is 11. The fraction of sp³-hybridized carbons (Fsp3) is 0.333. The molecular formula is C36H39NO3. The topological polar surface area (TPSA) is 30.9 Å². The number of hydrogen-bond acceptors (Lipinski definition) is 4. The van der Waals surface area contributed by atoms with Gasteiger partial charge in [0.25, 0.3) is 0 Å². The molecule has 1 aliphatic carbocycles. The van der Waals surface area contributed by atoms with Crippen LogP contribution < -0.4 is 0 Å². The van der Waals surface area contributed by atoms with E-state index < -0.39 is 0 Å². The van der Waals surface area contributed by atoms with Crippen LogP contribution in [-0.2, 0) is 46.9 Å². The largest absolute Gasteiger partial charge is 0.369 e. The van der Waals surface area contributed by atoms with E-state index in [0.717, 1.165) is 38.0 Å². The number of benzene rings is 4. The van der Waals surface area contributed by atoms with Gasteiger partial charge >= 0.3 is 0 Å². The highest BCUT2D eigenvalue weighted by molar-refractivity contribution is 5.32. The van der Waals surface area contributed by atoms with Crippen LogP contribution in [0.2, 0.25) is 0 Å². The molecule has 1 heterocycles. The lowest BCUT2D eigenvalue weighted by Gasteiger charge is -2.44. The summed E-state index contributed by atoms with van der Waals surface area (Å²) in [5, 5.41) is 0. The molecule has 4 aromatic rings. The van der Waals surface area contributed by atoms with Crippen LogP contribution in [0.3, 0.4) is 0 Å². The summed E-state index contributed by atoms with van der Waals surface area (Å²) in [7, 11) is 0.